The lowest BCUT2D eigenvalue weighted by molar-refractivity contribution is -0.167. The molecular weight excluding hydrogens is 474 g/mol. The number of thioether (sulfide) groups is 1. The zero-order valence-electron chi connectivity index (χ0n) is 17.7. The number of nitrogen functional groups attached to an aromatic ring is 1. The minimum Gasteiger partial charge on any atom is -0.428 e. The third-order valence-corrected chi connectivity index (χ3v) is 6.56. The van der Waals surface area contributed by atoms with Crippen molar-refractivity contribution < 1.29 is 33.5 Å². The highest BCUT2D eigenvalue weighted by atomic mass is 32.2. The topological polar surface area (TPSA) is 163 Å². The Hall–Kier alpha value is -3.39. The van der Waals surface area contributed by atoms with E-state index in [4.69, 9.17) is 20.0 Å². The van der Waals surface area contributed by atoms with Crippen LogP contribution in [0.2, 0.25) is 0 Å². The molecule has 0 aromatic carbocycles. The van der Waals surface area contributed by atoms with Gasteiger partial charge in [-0.25, -0.2) is 9.78 Å². The van der Waals surface area contributed by atoms with E-state index in [0.717, 1.165) is 11.3 Å². The van der Waals surface area contributed by atoms with Gasteiger partial charge in [0, 0.05) is 17.6 Å². The number of nitrogens with two attached hydrogens (primary N) is 1. The molecule has 33 heavy (non-hydrogen) atoms. The van der Waals surface area contributed by atoms with Gasteiger partial charge in [-0.15, -0.1) is 23.1 Å². The third-order valence-electron chi connectivity index (χ3n) is 4.58. The lowest BCUT2D eigenvalue weighted by Gasteiger charge is -2.49. The van der Waals surface area contributed by atoms with Crippen LogP contribution in [0.15, 0.2) is 34.5 Å². The van der Waals surface area contributed by atoms with Crippen LogP contribution >= 0.6 is 23.1 Å². The van der Waals surface area contributed by atoms with Crippen LogP contribution in [0.1, 0.15) is 19.0 Å². The SMILES string of the molecule is C=CC1=C(C(=O)OCOC(=O)CC)N2C(=O)C(NC(=O)C(=NOC)c3csc(N)n3)[C@@H]2SC1. The van der Waals surface area contributed by atoms with Crippen molar-refractivity contribution in [2.75, 3.05) is 25.4 Å². The fourth-order valence-corrected chi connectivity index (χ4v) is 4.90. The Labute approximate surface area is 196 Å². The van der Waals surface area contributed by atoms with Gasteiger partial charge in [0.25, 0.3) is 11.8 Å². The van der Waals surface area contributed by atoms with Crippen molar-refractivity contribution >= 4 is 57.7 Å². The summed E-state index contributed by atoms with van der Waals surface area (Å²) in [6.07, 6.45) is 1.58. The van der Waals surface area contributed by atoms with E-state index < -0.39 is 42.0 Å². The molecule has 0 aliphatic carbocycles. The molecule has 0 radical (unpaired) electrons. The van der Waals surface area contributed by atoms with Crippen LogP contribution in [0.4, 0.5) is 5.13 Å². The highest BCUT2D eigenvalue weighted by molar-refractivity contribution is 8.00. The van der Waals surface area contributed by atoms with E-state index in [1.165, 1.54) is 35.2 Å². The Morgan fingerprint density at radius 3 is 2.79 bits per heavy atom. The molecule has 2 aliphatic rings. The number of β-lactam (4-membered cyclic amide) rings is 1. The van der Waals surface area contributed by atoms with E-state index in [2.05, 4.69) is 22.0 Å². The number of nitrogens with zero attached hydrogens (tertiary/aromatic N) is 3. The Morgan fingerprint density at radius 1 is 1.42 bits per heavy atom. The maximum atomic E-state index is 12.9. The highest BCUT2D eigenvalue weighted by Crippen LogP contribution is 2.41. The molecule has 1 saturated heterocycles. The van der Waals surface area contributed by atoms with Gasteiger partial charge in [-0.05, 0) is 5.57 Å². The van der Waals surface area contributed by atoms with Crippen LogP contribution in [0.25, 0.3) is 0 Å². The van der Waals surface area contributed by atoms with Crippen LogP contribution in [0, 0.1) is 0 Å². The second-order valence-electron chi connectivity index (χ2n) is 6.55. The molecule has 2 aliphatic heterocycles. The van der Waals surface area contributed by atoms with Gasteiger partial charge in [0.05, 0.1) is 0 Å². The van der Waals surface area contributed by atoms with Crippen molar-refractivity contribution in [2.24, 2.45) is 5.16 Å². The fourth-order valence-electron chi connectivity index (χ4n) is 3.01. The molecule has 3 N–H and O–H groups in total. The zero-order valence-corrected chi connectivity index (χ0v) is 19.4. The third kappa shape index (κ3) is 5.01. The lowest BCUT2D eigenvalue weighted by Crippen LogP contribution is -2.71. The summed E-state index contributed by atoms with van der Waals surface area (Å²) in [5.74, 6) is -2.22. The van der Waals surface area contributed by atoms with Crippen molar-refractivity contribution in [2.45, 2.75) is 24.8 Å². The molecule has 0 bridgehead atoms. The van der Waals surface area contributed by atoms with Gasteiger partial charge >= 0.3 is 11.9 Å². The smallest absolute Gasteiger partial charge is 0.358 e. The maximum absolute atomic E-state index is 12.9. The van der Waals surface area contributed by atoms with E-state index in [0.29, 0.717) is 11.3 Å². The highest BCUT2D eigenvalue weighted by Gasteiger charge is 2.54. The number of carbonyl (C=O) groups is 4. The van der Waals surface area contributed by atoms with Crippen molar-refractivity contribution in [1.29, 1.82) is 0 Å². The first-order valence-electron chi connectivity index (χ1n) is 9.58. The molecule has 3 rings (SSSR count). The number of amides is 2. The van der Waals surface area contributed by atoms with Gasteiger partial charge in [-0.3, -0.25) is 19.3 Å². The Morgan fingerprint density at radius 2 is 2.18 bits per heavy atom. The summed E-state index contributed by atoms with van der Waals surface area (Å²) in [6.45, 7) is 4.70. The van der Waals surface area contributed by atoms with Crippen molar-refractivity contribution in [3.63, 3.8) is 0 Å². The zero-order chi connectivity index (χ0) is 24.1. The Balaban J connectivity index is 1.73. The van der Waals surface area contributed by atoms with Crippen LogP contribution in [-0.4, -0.2) is 70.4 Å². The van der Waals surface area contributed by atoms with Crippen molar-refractivity contribution in [3.05, 3.63) is 35.0 Å². The second kappa shape index (κ2) is 10.5. The van der Waals surface area contributed by atoms with E-state index >= 15 is 0 Å². The number of anilines is 1. The summed E-state index contributed by atoms with van der Waals surface area (Å²) in [6, 6.07) is -0.923. The lowest BCUT2D eigenvalue weighted by atomic mass is 10.0. The largest absolute Gasteiger partial charge is 0.428 e. The maximum Gasteiger partial charge on any atom is 0.358 e. The number of aromatic nitrogens is 1. The average Bonchev–Trinajstić information content (AvgIpc) is 3.24. The van der Waals surface area contributed by atoms with Gasteiger partial charge in [0.15, 0.2) is 10.8 Å². The first-order chi connectivity index (χ1) is 15.8. The number of fused-ring (bicyclic) bond motifs is 1. The fraction of sp³-hybridized carbons (Fsp3) is 0.368. The van der Waals surface area contributed by atoms with Crippen LogP contribution in [0.3, 0.4) is 0 Å². The van der Waals surface area contributed by atoms with Gasteiger partial charge in [-0.1, -0.05) is 24.7 Å². The minimum atomic E-state index is -0.923. The quantitative estimate of drug-likeness (QED) is 0.161. The minimum absolute atomic E-state index is 0.00477. The first kappa shape index (κ1) is 24.3. The summed E-state index contributed by atoms with van der Waals surface area (Å²) in [5, 5.41) is 7.52. The molecule has 0 saturated carbocycles. The summed E-state index contributed by atoms with van der Waals surface area (Å²) in [5.41, 5.74) is 6.17. The van der Waals surface area contributed by atoms with E-state index in [9.17, 15) is 19.2 Å². The van der Waals surface area contributed by atoms with Gasteiger partial charge in [0.2, 0.25) is 6.79 Å². The number of allylic oxidation sites excluding steroid dienone is 1. The summed E-state index contributed by atoms with van der Waals surface area (Å²) in [7, 11) is 1.27. The van der Waals surface area contributed by atoms with Gasteiger partial charge < -0.3 is 25.4 Å². The van der Waals surface area contributed by atoms with Gasteiger partial charge in [-0.2, -0.15) is 0 Å². The van der Waals surface area contributed by atoms with E-state index in [1.54, 1.807) is 6.92 Å². The number of ether oxygens (including phenoxy) is 2. The average molecular weight is 496 g/mol. The molecule has 1 aromatic heterocycles. The number of hydrogen-bond donors (Lipinski definition) is 2. The number of oxime groups is 1. The molecule has 0 spiro atoms. The monoisotopic (exact) mass is 495 g/mol. The van der Waals surface area contributed by atoms with Crippen LogP contribution in [-0.2, 0) is 33.5 Å². The van der Waals surface area contributed by atoms with E-state index in [1.807, 2.05) is 0 Å². The number of carbonyl (C=O) groups excluding carboxylic acids is 4. The standard InChI is InChI=1S/C19H21N5O7S2/c1-4-9-6-32-17-13(22-15(26)12(23-29-3)10-7-33-19(20)21-10)16(27)24(17)14(9)18(28)31-8-30-11(25)5-2/h4,7,13,17H,1,5-6,8H2,2-3H3,(H2,20,21)(H,22,26)/t13?,17-/m0/s1. The number of nitrogens with one attached hydrogen (secondary N) is 1. The summed E-state index contributed by atoms with van der Waals surface area (Å²) in [4.78, 5) is 59.5. The second-order valence-corrected chi connectivity index (χ2v) is 8.55. The molecule has 2 amide bonds. The van der Waals surface area contributed by atoms with Crippen molar-refractivity contribution in [3.8, 4) is 0 Å². The first-order valence-corrected chi connectivity index (χ1v) is 11.5. The van der Waals surface area contributed by atoms with Gasteiger partial charge in [0.1, 0.15) is 29.9 Å². The number of hydrogen-bond acceptors (Lipinski definition) is 12. The Kier molecular flexibility index (Phi) is 7.71. The normalized spacial score (nSPS) is 19.9. The number of rotatable bonds is 9. The Bertz CT molecular complexity index is 1050. The van der Waals surface area contributed by atoms with Crippen LogP contribution < -0.4 is 11.1 Å². The summed E-state index contributed by atoms with van der Waals surface area (Å²) >= 11 is 2.46. The molecule has 176 valence electrons. The molecule has 1 aromatic rings. The molecule has 3 heterocycles. The molecule has 1 unspecified atom stereocenters. The number of esters is 2. The molecule has 14 heteroatoms. The molecule has 1 fully saturated rings. The molecular formula is C19H21N5O7S2. The van der Waals surface area contributed by atoms with E-state index in [-0.39, 0.29) is 28.7 Å². The molecule has 12 nitrogen and oxygen atoms in total. The van der Waals surface area contributed by atoms with Crippen molar-refractivity contribution in [1.82, 2.24) is 15.2 Å². The predicted molar refractivity (Wildman–Crippen MR) is 120 cm³/mol. The van der Waals surface area contributed by atoms with Crippen LogP contribution in [0.5, 0.6) is 0 Å². The summed E-state index contributed by atoms with van der Waals surface area (Å²) < 4.78 is 9.76. The molecule has 2 atom stereocenters. The number of thiazole rings is 1. The predicted octanol–water partition coefficient (Wildman–Crippen LogP) is 0.370.